The van der Waals surface area contributed by atoms with Crippen molar-refractivity contribution >= 4 is 5.91 Å². The van der Waals surface area contributed by atoms with Gasteiger partial charge < -0.3 is 4.90 Å². The van der Waals surface area contributed by atoms with Crippen LogP contribution in [0.15, 0.2) is 0 Å². The van der Waals surface area contributed by atoms with Gasteiger partial charge in [-0.05, 0) is 25.7 Å². The molecule has 0 radical (unpaired) electrons. The van der Waals surface area contributed by atoms with Gasteiger partial charge in [-0.15, -0.1) is 0 Å². The monoisotopic (exact) mass is 268 g/mol. The van der Waals surface area contributed by atoms with E-state index in [0.717, 1.165) is 38.5 Å². The molecule has 0 aromatic rings. The Morgan fingerprint density at radius 1 is 1.11 bits per heavy atom. The molecule has 3 heteroatoms. The molecule has 1 rings (SSSR count). The van der Waals surface area contributed by atoms with Crippen LogP contribution in [0.3, 0.4) is 0 Å². The summed E-state index contributed by atoms with van der Waals surface area (Å²) >= 11 is 0. The Morgan fingerprint density at radius 3 is 2.16 bits per heavy atom. The topological polar surface area (TPSA) is 32.3 Å². The minimum absolute atomic E-state index is 0.0540. The van der Waals surface area contributed by atoms with Crippen LogP contribution in [0.5, 0.6) is 0 Å². The number of rotatable bonds is 8. The van der Waals surface area contributed by atoms with Crippen molar-refractivity contribution in [1.82, 2.24) is 10.2 Å². The molecular weight excluding hydrogens is 236 g/mol. The normalized spacial score (nSPS) is 25.4. The fourth-order valence-electron chi connectivity index (χ4n) is 3.39. The number of carbonyl (C=O) groups excluding carboxylic acids is 1. The van der Waals surface area contributed by atoms with Crippen molar-refractivity contribution in [2.75, 3.05) is 0 Å². The third-order valence-corrected chi connectivity index (χ3v) is 4.59. The molecular formula is C16H32N2O. The molecule has 0 saturated carbocycles. The summed E-state index contributed by atoms with van der Waals surface area (Å²) in [6.45, 7) is 11.0. The van der Waals surface area contributed by atoms with Crippen molar-refractivity contribution in [3.05, 3.63) is 0 Å². The predicted octanol–water partition coefficient (Wildman–Crippen LogP) is 3.54. The Kier molecular flexibility index (Phi) is 6.84. The van der Waals surface area contributed by atoms with Crippen molar-refractivity contribution in [2.45, 2.75) is 91.4 Å². The van der Waals surface area contributed by atoms with E-state index >= 15 is 0 Å². The number of amides is 1. The molecule has 0 aliphatic carbocycles. The van der Waals surface area contributed by atoms with E-state index in [1.807, 2.05) is 0 Å². The summed E-state index contributed by atoms with van der Waals surface area (Å²) in [6.07, 6.45) is 6.77. The highest BCUT2D eigenvalue weighted by molar-refractivity contribution is 5.84. The first kappa shape index (κ1) is 16.5. The maximum Gasteiger partial charge on any atom is 0.241 e. The maximum atomic E-state index is 12.6. The van der Waals surface area contributed by atoms with Crippen LogP contribution >= 0.6 is 0 Å². The highest BCUT2D eigenvalue weighted by Crippen LogP contribution is 2.26. The minimum atomic E-state index is 0.0540. The standard InChI is InChI=1S/C16H32N2O/c1-6-10-14-16(19)18(15(17-14)11-7-2)12(5)13(8-3)9-4/h12-15,17H,6-11H2,1-5H3. The van der Waals surface area contributed by atoms with Gasteiger partial charge in [0, 0.05) is 6.04 Å². The zero-order valence-corrected chi connectivity index (χ0v) is 13.4. The van der Waals surface area contributed by atoms with Gasteiger partial charge in [-0.1, -0.05) is 53.4 Å². The van der Waals surface area contributed by atoms with Gasteiger partial charge in [0.1, 0.15) is 0 Å². The summed E-state index contributed by atoms with van der Waals surface area (Å²) in [5.41, 5.74) is 0. The Labute approximate surface area is 119 Å². The lowest BCUT2D eigenvalue weighted by Gasteiger charge is -2.35. The van der Waals surface area contributed by atoms with Crippen LogP contribution in [0, 0.1) is 5.92 Å². The molecule has 3 unspecified atom stereocenters. The van der Waals surface area contributed by atoms with Gasteiger partial charge in [0.25, 0.3) is 0 Å². The third-order valence-electron chi connectivity index (χ3n) is 4.59. The molecule has 112 valence electrons. The summed E-state index contributed by atoms with van der Waals surface area (Å²) in [5.74, 6) is 0.949. The van der Waals surface area contributed by atoms with Crippen LogP contribution < -0.4 is 5.32 Å². The van der Waals surface area contributed by atoms with Gasteiger partial charge in [0.05, 0.1) is 12.2 Å². The number of hydrogen-bond acceptors (Lipinski definition) is 2. The van der Waals surface area contributed by atoms with Crippen LogP contribution in [0.25, 0.3) is 0 Å². The zero-order valence-electron chi connectivity index (χ0n) is 13.4. The van der Waals surface area contributed by atoms with E-state index in [2.05, 4.69) is 44.8 Å². The Bertz CT molecular complexity index is 276. The molecule has 3 nitrogen and oxygen atoms in total. The van der Waals surface area contributed by atoms with Gasteiger partial charge in [-0.25, -0.2) is 0 Å². The second kappa shape index (κ2) is 7.88. The first-order valence-electron chi connectivity index (χ1n) is 8.18. The lowest BCUT2D eigenvalue weighted by molar-refractivity contribution is -0.133. The van der Waals surface area contributed by atoms with Crippen LogP contribution in [0.2, 0.25) is 0 Å². The van der Waals surface area contributed by atoms with Crippen LogP contribution in [-0.4, -0.2) is 29.1 Å². The van der Waals surface area contributed by atoms with Crippen molar-refractivity contribution < 1.29 is 4.79 Å². The smallest absolute Gasteiger partial charge is 0.241 e. The average Bonchev–Trinajstić information content (AvgIpc) is 2.68. The van der Waals surface area contributed by atoms with E-state index in [1.54, 1.807) is 0 Å². The molecule has 0 spiro atoms. The molecule has 0 bridgehead atoms. The molecule has 1 N–H and O–H groups in total. The molecule has 1 heterocycles. The number of hydrogen-bond donors (Lipinski definition) is 1. The Balaban J connectivity index is 2.83. The quantitative estimate of drug-likeness (QED) is 0.730. The fourth-order valence-corrected chi connectivity index (χ4v) is 3.39. The number of nitrogens with one attached hydrogen (secondary N) is 1. The summed E-state index contributed by atoms with van der Waals surface area (Å²) in [7, 11) is 0. The molecule has 1 saturated heterocycles. The summed E-state index contributed by atoms with van der Waals surface area (Å²) in [5, 5.41) is 3.55. The second-order valence-corrected chi connectivity index (χ2v) is 5.88. The van der Waals surface area contributed by atoms with Gasteiger partial charge in [-0.2, -0.15) is 0 Å². The number of nitrogens with zero attached hydrogens (tertiary/aromatic N) is 1. The Hall–Kier alpha value is -0.570. The van der Waals surface area contributed by atoms with E-state index in [1.165, 1.54) is 0 Å². The van der Waals surface area contributed by atoms with E-state index < -0.39 is 0 Å². The first-order chi connectivity index (χ1) is 9.10. The largest absolute Gasteiger partial charge is 0.323 e. The van der Waals surface area contributed by atoms with E-state index in [0.29, 0.717) is 17.9 Å². The van der Waals surface area contributed by atoms with E-state index in [-0.39, 0.29) is 12.2 Å². The molecule has 19 heavy (non-hydrogen) atoms. The van der Waals surface area contributed by atoms with Gasteiger partial charge in [0.2, 0.25) is 5.91 Å². The highest BCUT2D eigenvalue weighted by atomic mass is 16.2. The predicted molar refractivity (Wildman–Crippen MR) is 80.9 cm³/mol. The summed E-state index contributed by atoms with van der Waals surface area (Å²) in [6, 6.07) is 0.409. The number of carbonyl (C=O) groups is 1. The molecule has 1 aliphatic rings. The minimum Gasteiger partial charge on any atom is -0.323 e. The zero-order chi connectivity index (χ0) is 14.4. The molecule has 3 atom stereocenters. The second-order valence-electron chi connectivity index (χ2n) is 5.88. The summed E-state index contributed by atoms with van der Waals surface area (Å²) in [4.78, 5) is 14.8. The van der Waals surface area contributed by atoms with Gasteiger partial charge in [-0.3, -0.25) is 10.1 Å². The lowest BCUT2D eigenvalue weighted by Crippen LogP contribution is -2.46. The molecule has 1 aliphatic heterocycles. The SMILES string of the molecule is CCCC1NC(CCC)N(C(C)C(CC)CC)C1=O. The van der Waals surface area contributed by atoms with Gasteiger partial charge in [0.15, 0.2) is 0 Å². The van der Waals surface area contributed by atoms with Crippen molar-refractivity contribution in [1.29, 1.82) is 0 Å². The van der Waals surface area contributed by atoms with Crippen molar-refractivity contribution in [3.63, 3.8) is 0 Å². The van der Waals surface area contributed by atoms with E-state index in [9.17, 15) is 4.79 Å². The molecule has 0 aromatic carbocycles. The van der Waals surface area contributed by atoms with Crippen LogP contribution in [-0.2, 0) is 4.79 Å². The van der Waals surface area contributed by atoms with Crippen LogP contribution in [0.4, 0.5) is 0 Å². The molecule has 0 aromatic heterocycles. The molecule has 1 fully saturated rings. The van der Waals surface area contributed by atoms with Crippen molar-refractivity contribution in [2.24, 2.45) is 5.92 Å². The molecule has 1 amide bonds. The average molecular weight is 268 g/mol. The third kappa shape index (κ3) is 3.71. The lowest BCUT2D eigenvalue weighted by atomic mass is 9.93. The summed E-state index contributed by atoms with van der Waals surface area (Å²) < 4.78 is 0. The van der Waals surface area contributed by atoms with Gasteiger partial charge >= 0.3 is 0 Å². The van der Waals surface area contributed by atoms with E-state index in [4.69, 9.17) is 0 Å². The maximum absolute atomic E-state index is 12.6. The van der Waals surface area contributed by atoms with Crippen molar-refractivity contribution in [3.8, 4) is 0 Å². The van der Waals surface area contributed by atoms with Crippen LogP contribution in [0.1, 0.15) is 73.1 Å². The highest BCUT2D eigenvalue weighted by Gasteiger charge is 2.41. The Morgan fingerprint density at radius 2 is 1.68 bits per heavy atom. The fraction of sp³-hybridized carbons (Fsp3) is 0.938. The first-order valence-corrected chi connectivity index (χ1v) is 8.18.